The van der Waals surface area contributed by atoms with Crippen LogP contribution >= 0.6 is 0 Å². The fraction of sp³-hybridized carbons (Fsp3) is 0.462. The standard InChI is InChI=1S/C26H32N4O2/c1-3-4-5-10-19(17-18-14-15-18)25(31)29-24-26(32)30(2)22-13-7-6-11-20(22)23(28-24)21-12-8-9-16-27-21/h6-9,11-13,16,18-19,24H,3-5,10,14-15,17H2,1-2H3,(H,29,31)/t19-,24?/m0/s1. The first-order valence-corrected chi connectivity index (χ1v) is 11.7. The lowest BCUT2D eigenvalue weighted by molar-refractivity contribution is -0.130. The Labute approximate surface area is 190 Å². The van der Waals surface area contributed by atoms with Gasteiger partial charge in [0.25, 0.3) is 5.91 Å². The lowest BCUT2D eigenvalue weighted by atomic mass is 9.94. The molecule has 4 rings (SSSR count). The number of likely N-dealkylation sites (N-methyl/N-ethyl adjacent to an activating group) is 1. The summed E-state index contributed by atoms with van der Waals surface area (Å²) in [5.41, 5.74) is 2.89. The molecule has 2 atom stereocenters. The number of hydrogen-bond donors (Lipinski definition) is 1. The Balaban J connectivity index is 1.63. The summed E-state index contributed by atoms with van der Waals surface area (Å²) >= 11 is 0. The number of anilines is 1. The van der Waals surface area contributed by atoms with E-state index >= 15 is 0 Å². The van der Waals surface area contributed by atoms with Crippen LogP contribution in [0.25, 0.3) is 0 Å². The number of carbonyl (C=O) groups excluding carboxylic acids is 2. The Bertz CT molecular complexity index is 984. The molecular weight excluding hydrogens is 400 g/mol. The van der Waals surface area contributed by atoms with Crippen molar-refractivity contribution in [3.05, 3.63) is 59.9 Å². The minimum Gasteiger partial charge on any atom is -0.326 e. The van der Waals surface area contributed by atoms with Gasteiger partial charge in [0.05, 0.1) is 17.1 Å². The number of carbonyl (C=O) groups is 2. The fourth-order valence-electron chi connectivity index (χ4n) is 4.33. The largest absolute Gasteiger partial charge is 0.326 e. The Morgan fingerprint density at radius 3 is 2.66 bits per heavy atom. The van der Waals surface area contributed by atoms with Gasteiger partial charge in [-0.15, -0.1) is 0 Å². The van der Waals surface area contributed by atoms with Crippen molar-refractivity contribution in [3.8, 4) is 0 Å². The van der Waals surface area contributed by atoms with Gasteiger partial charge in [-0.25, -0.2) is 4.99 Å². The molecule has 6 nitrogen and oxygen atoms in total. The van der Waals surface area contributed by atoms with Crippen molar-refractivity contribution in [2.75, 3.05) is 11.9 Å². The molecule has 168 valence electrons. The molecule has 2 heterocycles. The molecule has 1 N–H and O–H groups in total. The van der Waals surface area contributed by atoms with Crippen LogP contribution in [0.4, 0.5) is 5.69 Å². The molecular formula is C26H32N4O2. The average molecular weight is 433 g/mol. The summed E-state index contributed by atoms with van der Waals surface area (Å²) in [6.07, 6.45) is 8.21. The number of benzodiazepines with no additional fused rings is 1. The van der Waals surface area contributed by atoms with E-state index in [9.17, 15) is 9.59 Å². The SMILES string of the molecule is CCCCC[C@@H](CC1CC1)C(=O)NC1N=C(c2ccccn2)c2ccccc2N(C)C1=O. The molecule has 6 heteroatoms. The van der Waals surface area contributed by atoms with Crippen LogP contribution in [0.2, 0.25) is 0 Å². The molecule has 2 aromatic rings. The lowest BCUT2D eigenvalue weighted by Gasteiger charge is -2.23. The number of unbranched alkanes of at least 4 members (excludes halogenated alkanes) is 2. The molecule has 1 saturated carbocycles. The first-order valence-electron chi connectivity index (χ1n) is 11.7. The smallest absolute Gasteiger partial charge is 0.272 e. The minimum absolute atomic E-state index is 0.0603. The molecule has 0 saturated heterocycles. The number of fused-ring (bicyclic) bond motifs is 1. The van der Waals surface area contributed by atoms with Gasteiger partial charge >= 0.3 is 0 Å². The highest BCUT2D eigenvalue weighted by Crippen LogP contribution is 2.37. The summed E-state index contributed by atoms with van der Waals surface area (Å²) in [6, 6.07) is 13.3. The van der Waals surface area contributed by atoms with Crippen molar-refractivity contribution in [2.24, 2.45) is 16.8 Å². The number of amides is 2. The average Bonchev–Trinajstić information content (AvgIpc) is 3.65. The summed E-state index contributed by atoms with van der Waals surface area (Å²) in [6.45, 7) is 2.17. The first-order chi connectivity index (χ1) is 15.6. The molecule has 1 aliphatic heterocycles. The van der Waals surface area contributed by atoms with E-state index in [-0.39, 0.29) is 17.7 Å². The van der Waals surface area contributed by atoms with E-state index in [1.54, 1.807) is 18.1 Å². The number of para-hydroxylation sites is 1. The van der Waals surface area contributed by atoms with E-state index in [1.165, 1.54) is 12.8 Å². The van der Waals surface area contributed by atoms with Crippen LogP contribution in [-0.2, 0) is 9.59 Å². The van der Waals surface area contributed by atoms with Crippen molar-refractivity contribution in [1.29, 1.82) is 0 Å². The van der Waals surface area contributed by atoms with E-state index < -0.39 is 6.17 Å². The molecule has 32 heavy (non-hydrogen) atoms. The normalized spacial score (nSPS) is 19.1. The predicted molar refractivity (Wildman–Crippen MR) is 127 cm³/mol. The molecule has 1 unspecified atom stereocenters. The van der Waals surface area contributed by atoms with Crippen molar-refractivity contribution >= 4 is 23.2 Å². The van der Waals surface area contributed by atoms with Gasteiger partial charge in [0.15, 0.2) is 0 Å². The highest BCUT2D eigenvalue weighted by Gasteiger charge is 2.34. The zero-order valence-corrected chi connectivity index (χ0v) is 19.0. The number of aromatic nitrogens is 1. The zero-order valence-electron chi connectivity index (χ0n) is 19.0. The van der Waals surface area contributed by atoms with Gasteiger partial charge in [-0.3, -0.25) is 14.6 Å². The van der Waals surface area contributed by atoms with Crippen LogP contribution in [0.1, 0.15) is 63.1 Å². The van der Waals surface area contributed by atoms with Crippen molar-refractivity contribution in [2.45, 2.75) is 58.0 Å². The third-order valence-electron chi connectivity index (χ3n) is 6.37. The molecule has 1 aliphatic carbocycles. The van der Waals surface area contributed by atoms with Gasteiger partial charge in [0, 0.05) is 24.7 Å². The maximum atomic E-state index is 13.3. The third-order valence-corrected chi connectivity index (χ3v) is 6.37. The molecule has 1 fully saturated rings. The maximum Gasteiger partial charge on any atom is 0.272 e. The quantitative estimate of drug-likeness (QED) is 0.599. The van der Waals surface area contributed by atoms with Gasteiger partial charge in [-0.05, 0) is 37.0 Å². The summed E-state index contributed by atoms with van der Waals surface area (Å²) in [7, 11) is 1.74. The predicted octanol–water partition coefficient (Wildman–Crippen LogP) is 4.33. The summed E-state index contributed by atoms with van der Waals surface area (Å²) in [5, 5.41) is 2.99. The second kappa shape index (κ2) is 10.1. The van der Waals surface area contributed by atoms with Crippen LogP contribution in [0.15, 0.2) is 53.7 Å². The van der Waals surface area contributed by atoms with Gasteiger partial charge in [0.1, 0.15) is 0 Å². The molecule has 2 aliphatic rings. The maximum absolute atomic E-state index is 13.3. The third kappa shape index (κ3) is 5.06. The number of benzene rings is 1. The van der Waals surface area contributed by atoms with E-state index in [4.69, 9.17) is 4.99 Å². The second-order valence-electron chi connectivity index (χ2n) is 8.89. The topological polar surface area (TPSA) is 74.7 Å². The van der Waals surface area contributed by atoms with E-state index in [0.717, 1.165) is 43.4 Å². The Morgan fingerprint density at radius 1 is 1.16 bits per heavy atom. The molecule has 0 bridgehead atoms. The number of aliphatic imine (C=N–C) groups is 1. The van der Waals surface area contributed by atoms with Crippen LogP contribution in [-0.4, -0.2) is 35.7 Å². The van der Waals surface area contributed by atoms with Crippen LogP contribution in [0.5, 0.6) is 0 Å². The fourth-order valence-corrected chi connectivity index (χ4v) is 4.33. The molecule has 1 aromatic heterocycles. The van der Waals surface area contributed by atoms with E-state index in [2.05, 4.69) is 17.2 Å². The van der Waals surface area contributed by atoms with Gasteiger partial charge in [-0.2, -0.15) is 0 Å². The lowest BCUT2D eigenvalue weighted by Crippen LogP contribution is -2.48. The molecule has 2 amide bonds. The van der Waals surface area contributed by atoms with Crippen molar-refractivity contribution < 1.29 is 9.59 Å². The summed E-state index contributed by atoms with van der Waals surface area (Å²) in [5.74, 6) is 0.285. The van der Waals surface area contributed by atoms with Gasteiger partial charge in [0.2, 0.25) is 12.1 Å². The van der Waals surface area contributed by atoms with Crippen LogP contribution in [0, 0.1) is 11.8 Å². The van der Waals surface area contributed by atoms with Crippen molar-refractivity contribution in [1.82, 2.24) is 10.3 Å². The number of hydrogen-bond acceptors (Lipinski definition) is 4. The number of pyridine rings is 1. The monoisotopic (exact) mass is 432 g/mol. The Hall–Kier alpha value is -3.02. The number of nitrogens with zero attached hydrogens (tertiary/aromatic N) is 3. The van der Waals surface area contributed by atoms with E-state index in [0.29, 0.717) is 17.3 Å². The van der Waals surface area contributed by atoms with E-state index in [1.807, 2.05) is 42.5 Å². The molecule has 0 radical (unpaired) electrons. The Kier molecular flexibility index (Phi) is 6.98. The van der Waals surface area contributed by atoms with Crippen LogP contribution < -0.4 is 10.2 Å². The number of nitrogens with one attached hydrogen (secondary N) is 1. The zero-order chi connectivity index (χ0) is 22.5. The Morgan fingerprint density at radius 2 is 1.94 bits per heavy atom. The second-order valence-corrected chi connectivity index (χ2v) is 8.89. The molecule has 1 aromatic carbocycles. The summed E-state index contributed by atoms with van der Waals surface area (Å²) < 4.78 is 0. The van der Waals surface area contributed by atoms with Gasteiger partial charge < -0.3 is 10.2 Å². The highest BCUT2D eigenvalue weighted by atomic mass is 16.2. The number of rotatable bonds is 9. The molecule has 0 spiro atoms. The van der Waals surface area contributed by atoms with Gasteiger partial charge in [-0.1, -0.05) is 63.3 Å². The first kappa shape index (κ1) is 22.2. The van der Waals surface area contributed by atoms with Crippen molar-refractivity contribution in [3.63, 3.8) is 0 Å². The minimum atomic E-state index is -0.968. The summed E-state index contributed by atoms with van der Waals surface area (Å²) in [4.78, 5) is 37.4. The van der Waals surface area contributed by atoms with Crippen LogP contribution in [0.3, 0.4) is 0 Å². The highest BCUT2D eigenvalue weighted by molar-refractivity contribution is 6.19.